The maximum atomic E-state index is 12.9. The minimum Gasteiger partial charge on any atom is -0.307 e. The zero-order valence-corrected chi connectivity index (χ0v) is 19.0. The summed E-state index contributed by atoms with van der Waals surface area (Å²) in [6.45, 7) is 8.32. The molecule has 6 nitrogen and oxygen atoms in total. The first-order valence-electron chi connectivity index (χ1n) is 11.0. The second-order valence-corrected chi connectivity index (χ2v) is 8.86. The van der Waals surface area contributed by atoms with E-state index in [1.165, 1.54) is 0 Å². The molecule has 162 valence electrons. The summed E-state index contributed by atoms with van der Waals surface area (Å²) in [5.74, 6) is 1.78. The fourth-order valence-electron chi connectivity index (χ4n) is 4.47. The third-order valence-corrected chi connectivity index (χ3v) is 5.94. The van der Waals surface area contributed by atoms with Crippen LogP contribution in [-0.4, -0.2) is 41.5 Å². The number of anilines is 2. The fourth-order valence-corrected chi connectivity index (χ4v) is 4.47. The Bertz CT molecular complexity index is 1330. The van der Waals surface area contributed by atoms with Gasteiger partial charge in [0.15, 0.2) is 23.2 Å². The van der Waals surface area contributed by atoms with Crippen molar-refractivity contribution in [1.29, 1.82) is 0 Å². The second kappa shape index (κ2) is 7.69. The maximum Gasteiger partial charge on any atom is 0.197 e. The Morgan fingerprint density at radius 3 is 1.88 bits per heavy atom. The van der Waals surface area contributed by atoms with Crippen LogP contribution in [0.3, 0.4) is 0 Å². The number of nitrogens with zero attached hydrogens (tertiary/aromatic N) is 4. The molecule has 0 unspecified atom stereocenters. The minimum absolute atomic E-state index is 0.0830. The first-order chi connectivity index (χ1) is 15.8. The molecule has 1 aliphatic heterocycles. The van der Waals surface area contributed by atoms with E-state index in [9.17, 15) is 9.59 Å². The van der Waals surface area contributed by atoms with Crippen LogP contribution in [0.1, 0.15) is 48.4 Å². The molecule has 0 saturated heterocycles. The average molecular weight is 434 g/mol. The molecule has 2 heterocycles. The molecular formula is C26H23BN4O2. The van der Waals surface area contributed by atoms with Crippen LogP contribution in [0.15, 0.2) is 66.0 Å². The lowest BCUT2D eigenvalue weighted by Crippen LogP contribution is -2.36. The molecule has 0 atom stereocenters. The molecule has 2 aromatic carbocycles. The zero-order chi connectivity index (χ0) is 23.4. The molecule has 33 heavy (non-hydrogen) atoms. The number of hydrogen-bond donors (Lipinski definition) is 0. The Kier molecular flexibility index (Phi) is 4.92. The van der Waals surface area contributed by atoms with Crippen LogP contribution in [0.5, 0.6) is 0 Å². The average Bonchev–Trinajstić information content (AvgIpc) is 3.21. The number of allylic oxidation sites excluding steroid dienone is 3. The maximum absolute atomic E-state index is 12.9. The molecule has 0 bridgehead atoms. The highest BCUT2D eigenvalue weighted by Gasteiger charge is 2.38. The van der Waals surface area contributed by atoms with E-state index in [1.54, 1.807) is 24.3 Å². The highest BCUT2D eigenvalue weighted by molar-refractivity contribution is 6.41. The van der Waals surface area contributed by atoms with Crippen molar-refractivity contribution in [2.45, 2.75) is 39.8 Å². The van der Waals surface area contributed by atoms with Crippen molar-refractivity contribution in [2.24, 2.45) is 0 Å². The van der Waals surface area contributed by atoms with Gasteiger partial charge in [-0.3, -0.25) is 9.59 Å². The lowest BCUT2D eigenvalue weighted by molar-refractivity contribution is 0.0989. The number of carbonyl (C=O) groups excluding carboxylic acids is 2. The van der Waals surface area contributed by atoms with Crippen molar-refractivity contribution < 1.29 is 9.59 Å². The molecule has 0 saturated carbocycles. The first kappa shape index (κ1) is 21.1. The number of ketones is 2. The van der Waals surface area contributed by atoms with Crippen molar-refractivity contribution in [3.8, 4) is 0 Å². The number of benzene rings is 2. The summed E-state index contributed by atoms with van der Waals surface area (Å²) in [5, 5.41) is 0. The summed E-state index contributed by atoms with van der Waals surface area (Å²) in [7, 11) is 5.83. The molecule has 0 fully saturated rings. The molecule has 5 rings (SSSR count). The zero-order valence-electron chi connectivity index (χ0n) is 19.0. The molecule has 1 aromatic heterocycles. The summed E-state index contributed by atoms with van der Waals surface area (Å²) < 4.78 is 0. The third kappa shape index (κ3) is 3.27. The van der Waals surface area contributed by atoms with E-state index in [2.05, 4.69) is 37.5 Å². The van der Waals surface area contributed by atoms with Crippen LogP contribution in [0.4, 0.5) is 11.6 Å². The van der Waals surface area contributed by atoms with Gasteiger partial charge in [0.25, 0.3) is 0 Å². The van der Waals surface area contributed by atoms with Gasteiger partial charge in [-0.2, -0.15) is 0 Å². The molecule has 3 aromatic rings. The van der Waals surface area contributed by atoms with E-state index in [-0.39, 0.29) is 29.2 Å². The third-order valence-electron chi connectivity index (χ3n) is 5.94. The van der Waals surface area contributed by atoms with Crippen molar-refractivity contribution in [3.63, 3.8) is 0 Å². The summed E-state index contributed by atoms with van der Waals surface area (Å²) in [4.78, 5) is 39.9. The highest BCUT2D eigenvalue weighted by atomic mass is 16.2. The number of aromatic nitrogens is 2. The van der Waals surface area contributed by atoms with Crippen LogP contribution in [-0.2, 0) is 0 Å². The molecule has 0 N–H and O–H groups in total. The number of fused-ring (bicyclic) bond motifs is 3. The number of carbonyl (C=O) groups is 2. The molecule has 0 spiro atoms. The first-order valence-corrected chi connectivity index (χ1v) is 11.0. The Hall–Kier alpha value is -3.74. The summed E-state index contributed by atoms with van der Waals surface area (Å²) in [6, 6.07) is 12.8. The number of hydrogen-bond acceptors (Lipinski definition) is 6. The number of rotatable bonds is 3. The molecule has 0 amide bonds. The summed E-state index contributed by atoms with van der Waals surface area (Å²) in [5.41, 5.74) is 2.98. The van der Waals surface area contributed by atoms with Crippen LogP contribution < -0.4 is 15.3 Å². The van der Waals surface area contributed by atoms with Gasteiger partial charge in [-0.25, -0.2) is 9.97 Å². The highest BCUT2D eigenvalue weighted by Crippen LogP contribution is 2.42. The van der Waals surface area contributed by atoms with E-state index >= 15 is 0 Å². The van der Waals surface area contributed by atoms with Gasteiger partial charge in [-0.05, 0) is 52.0 Å². The van der Waals surface area contributed by atoms with Gasteiger partial charge in [-0.15, -0.1) is 0 Å². The molecule has 7 heteroatoms. The van der Waals surface area contributed by atoms with Crippen LogP contribution in [0.25, 0.3) is 11.0 Å². The second-order valence-electron chi connectivity index (χ2n) is 8.86. The fraction of sp³-hybridized carbons (Fsp3) is 0.231. The number of Topliss-reactive ketones (excluding diaryl/α,β-unsaturated/α-hetero) is 2. The van der Waals surface area contributed by atoms with E-state index in [0.29, 0.717) is 16.6 Å². The summed E-state index contributed by atoms with van der Waals surface area (Å²) in [6.07, 6.45) is 3.45. The van der Waals surface area contributed by atoms with Crippen LogP contribution in [0.2, 0.25) is 0 Å². The quantitative estimate of drug-likeness (QED) is 0.356. The molecule has 2 aliphatic rings. The Labute approximate surface area is 194 Å². The van der Waals surface area contributed by atoms with Crippen LogP contribution >= 0.6 is 0 Å². The lowest BCUT2D eigenvalue weighted by atomic mass is 9.93. The van der Waals surface area contributed by atoms with Gasteiger partial charge in [0.2, 0.25) is 0 Å². The van der Waals surface area contributed by atoms with Gasteiger partial charge in [-0.1, -0.05) is 35.8 Å². The Balaban J connectivity index is 1.65. The number of para-hydroxylation sites is 2. The normalized spacial score (nSPS) is 16.5. The van der Waals surface area contributed by atoms with E-state index in [4.69, 9.17) is 17.8 Å². The van der Waals surface area contributed by atoms with Crippen molar-refractivity contribution >= 4 is 47.5 Å². The Morgan fingerprint density at radius 1 is 0.788 bits per heavy atom. The molecule has 1 aliphatic carbocycles. The predicted molar refractivity (Wildman–Crippen MR) is 131 cm³/mol. The van der Waals surface area contributed by atoms with Gasteiger partial charge in [0, 0.05) is 23.2 Å². The topological polar surface area (TPSA) is 66.4 Å². The smallest absolute Gasteiger partial charge is 0.197 e. The van der Waals surface area contributed by atoms with Gasteiger partial charge in [0.1, 0.15) is 13.7 Å². The Morgan fingerprint density at radius 2 is 1.33 bits per heavy atom. The van der Waals surface area contributed by atoms with E-state index in [0.717, 1.165) is 28.5 Å². The molecule has 2 radical (unpaired) electrons. The molecular weight excluding hydrogens is 411 g/mol. The van der Waals surface area contributed by atoms with Gasteiger partial charge in [0.05, 0.1) is 16.6 Å². The monoisotopic (exact) mass is 434 g/mol. The largest absolute Gasteiger partial charge is 0.307 e. The lowest BCUT2D eigenvalue weighted by Gasteiger charge is -2.29. The minimum atomic E-state index is -0.302. The summed E-state index contributed by atoms with van der Waals surface area (Å²) >= 11 is 0. The van der Waals surface area contributed by atoms with E-state index in [1.807, 2.05) is 30.3 Å². The predicted octanol–water partition coefficient (Wildman–Crippen LogP) is 3.71. The van der Waals surface area contributed by atoms with Crippen LogP contribution in [0, 0.1) is 0 Å². The standard InChI is InChI=1S/C26H23BN4O2/c1-14(2)30-22(12-11-18-23(32)17-10-9-16(27)13-19(17)24(18)33)31(15(3)4)26-25(30)28-20-7-5-6-8-21(20)29-26/h5-15H,1-4H3/b18-11+. The van der Waals surface area contributed by atoms with Crippen molar-refractivity contribution in [3.05, 3.63) is 77.1 Å². The SMILES string of the molecule is [B]c1ccc2c(c1)C(=O)/C(=C/C=C1N(C(C)C)c3nc4ccccc4nc3N1C(C)C)C2=O. The van der Waals surface area contributed by atoms with Crippen molar-refractivity contribution in [2.75, 3.05) is 9.80 Å². The van der Waals surface area contributed by atoms with E-state index < -0.39 is 0 Å². The van der Waals surface area contributed by atoms with Gasteiger partial charge < -0.3 is 9.80 Å². The van der Waals surface area contributed by atoms with Crippen molar-refractivity contribution in [1.82, 2.24) is 9.97 Å². The van der Waals surface area contributed by atoms with Gasteiger partial charge >= 0.3 is 0 Å².